The number of carbonyl (C=O) groups excluding carboxylic acids is 1. The lowest BCUT2D eigenvalue weighted by Crippen LogP contribution is -2.21. The third kappa shape index (κ3) is 1.97. The quantitative estimate of drug-likeness (QED) is 0.752. The SMILES string of the molecule is COc1c(O)c2c(c3ccoc13)OC(c1ccc3c(c1)OCO3)CC2=O. The maximum Gasteiger partial charge on any atom is 0.231 e. The smallest absolute Gasteiger partial charge is 0.231 e. The van der Waals surface area contributed by atoms with Gasteiger partial charge in [0.25, 0.3) is 0 Å². The van der Waals surface area contributed by atoms with Crippen molar-refractivity contribution in [2.75, 3.05) is 13.9 Å². The number of methoxy groups -OCH3 is 1. The van der Waals surface area contributed by atoms with Crippen molar-refractivity contribution in [3.05, 3.63) is 41.7 Å². The molecule has 1 unspecified atom stereocenters. The Kier molecular flexibility index (Phi) is 3.06. The van der Waals surface area contributed by atoms with Gasteiger partial charge in [-0.3, -0.25) is 4.79 Å². The third-order valence-corrected chi connectivity index (χ3v) is 4.68. The van der Waals surface area contributed by atoms with E-state index in [-0.39, 0.29) is 36.1 Å². The molecule has 7 nitrogen and oxygen atoms in total. The summed E-state index contributed by atoms with van der Waals surface area (Å²) in [6.45, 7) is 0.176. The molecule has 5 rings (SSSR count). The number of phenols is 1. The first-order chi connectivity index (χ1) is 12.7. The van der Waals surface area contributed by atoms with Crippen molar-refractivity contribution in [3.63, 3.8) is 0 Å². The molecule has 1 aromatic heterocycles. The van der Waals surface area contributed by atoms with E-state index < -0.39 is 6.10 Å². The summed E-state index contributed by atoms with van der Waals surface area (Å²) in [5, 5.41) is 11.1. The number of rotatable bonds is 2. The second-order valence-corrected chi connectivity index (χ2v) is 6.10. The first-order valence-electron chi connectivity index (χ1n) is 8.07. The molecule has 2 aliphatic heterocycles. The number of ketones is 1. The molecule has 7 heteroatoms. The molecule has 0 saturated heterocycles. The molecule has 26 heavy (non-hydrogen) atoms. The lowest BCUT2D eigenvalue weighted by molar-refractivity contribution is 0.0847. The minimum Gasteiger partial charge on any atom is -0.504 e. The van der Waals surface area contributed by atoms with E-state index >= 15 is 0 Å². The van der Waals surface area contributed by atoms with Gasteiger partial charge < -0.3 is 28.5 Å². The Hall–Kier alpha value is -3.35. The molecule has 0 saturated carbocycles. The van der Waals surface area contributed by atoms with Crippen LogP contribution in [0.2, 0.25) is 0 Å². The molecule has 1 atom stereocenters. The molecule has 0 bridgehead atoms. The highest BCUT2D eigenvalue weighted by Gasteiger charge is 2.35. The number of phenolic OH excluding ortho intramolecular Hbond substituents is 1. The summed E-state index contributed by atoms with van der Waals surface area (Å²) >= 11 is 0. The molecule has 1 N–H and O–H groups in total. The third-order valence-electron chi connectivity index (χ3n) is 4.68. The normalized spacial score (nSPS) is 17.9. The number of fused-ring (bicyclic) bond motifs is 4. The van der Waals surface area contributed by atoms with Crippen molar-refractivity contribution < 1.29 is 33.3 Å². The average Bonchev–Trinajstić information content (AvgIpc) is 3.30. The van der Waals surface area contributed by atoms with Crippen LogP contribution in [0.5, 0.6) is 28.7 Å². The Balaban J connectivity index is 1.64. The molecule has 0 spiro atoms. The molecule has 0 radical (unpaired) electrons. The van der Waals surface area contributed by atoms with Crippen molar-refractivity contribution >= 4 is 16.8 Å². The highest BCUT2D eigenvalue weighted by Crippen LogP contribution is 2.50. The van der Waals surface area contributed by atoms with Gasteiger partial charge >= 0.3 is 0 Å². The molecule has 0 fully saturated rings. The fourth-order valence-electron chi connectivity index (χ4n) is 3.45. The van der Waals surface area contributed by atoms with Crippen LogP contribution >= 0.6 is 0 Å². The van der Waals surface area contributed by atoms with Gasteiger partial charge in [-0.25, -0.2) is 0 Å². The molecular formula is C19H14O7. The number of aromatic hydroxyl groups is 1. The van der Waals surface area contributed by atoms with E-state index in [2.05, 4.69) is 0 Å². The zero-order valence-corrected chi connectivity index (χ0v) is 13.8. The number of Topliss-reactive ketones (excluding diaryl/α,β-unsaturated/α-hetero) is 1. The predicted molar refractivity (Wildman–Crippen MR) is 89.3 cm³/mol. The highest BCUT2D eigenvalue weighted by molar-refractivity contribution is 6.10. The fraction of sp³-hybridized carbons (Fsp3) is 0.211. The molecule has 132 valence electrons. The van der Waals surface area contributed by atoms with Gasteiger partial charge in [-0.05, 0) is 23.8 Å². The maximum atomic E-state index is 12.8. The zero-order chi connectivity index (χ0) is 17.8. The molecule has 3 heterocycles. The molecule has 0 aliphatic carbocycles. The second kappa shape index (κ2) is 5.32. The van der Waals surface area contributed by atoms with Gasteiger partial charge in [-0.2, -0.15) is 0 Å². The summed E-state index contributed by atoms with van der Waals surface area (Å²) in [5.41, 5.74) is 1.25. The van der Waals surface area contributed by atoms with Crippen LogP contribution in [-0.4, -0.2) is 24.8 Å². The van der Waals surface area contributed by atoms with Gasteiger partial charge in [-0.15, -0.1) is 0 Å². The number of ether oxygens (including phenoxy) is 4. The zero-order valence-electron chi connectivity index (χ0n) is 13.8. The van der Waals surface area contributed by atoms with Crippen molar-refractivity contribution in [3.8, 4) is 28.7 Å². The van der Waals surface area contributed by atoms with E-state index in [4.69, 9.17) is 23.4 Å². The van der Waals surface area contributed by atoms with Crippen LogP contribution in [0.15, 0.2) is 34.9 Å². The average molecular weight is 354 g/mol. The summed E-state index contributed by atoms with van der Waals surface area (Å²) in [4.78, 5) is 12.8. The Morgan fingerprint density at radius 3 is 2.88 bits per heavy atom. The molecule has 0 amide bonds. The summed E-state index contributed by atoms with van der Waals surface area (Å²) in [5.74, 6) is 1.21. The molecule has 2 aromatic carbocycles. The van der Waals surface area contributed by atoms with Gasteiger partial charge in [-0.1, -0.05) is 6.07 Å². The van der Waals surface area contributed by atoms with Crippen molar-refractivity contribution in [1.82, 2.24) is 0 Å². The number of carbonyl (C=O) groups is 1. The van der Waals surface area contributed by atoms with Crippen molar-refractivity contribution in [2.24, 2.45) is 0 Å². The number of hydrogen-bond acceptors (Lipinski definition) is 7. The van der Waals surface area contributed by atoms with Gasteiger partial charge in [0, 0.05) is 0 Å². The van der Waals surface area contributed by atoms with Crippen LogP contribution in [-0.2, 0) is 0 Å². The number of hydrogen-bond donors (Lipinski definition) is 1. The summed E-state index contributed by atoms with van der Waals surface area (Å²) in [6, 6.07) is 7.12. The summed E-state index contributed by atoms with van der Waals surface area (Å²) < 4.78 is 27.4. The predicted octanol–water partition coefficient (Wildman–Crippen LogP) is 3.58. The van der Waals surface area contributed by atoms with E-state index in [0.717, 1.165) is 5.56 Å². The Labute approximate surface area is 147 Å². The monoisotopic (exact) mass is 354 g/mol. The molecular weight excluding hydrogens is 340 g/mol. The van der Waals surface area contributed by atoms with Crippen LogP contribution in [0, 0.1) is 0 Å². The van der Waals surface area contributed by atoms with Gasteiger partial charge in [0.15, 0.2) is 28.6 Å². The Morgan fingerprint density at radius 2 is 2.04 bits per heavy atom. The lowest BCUT2D eigenvalue weighted by atomic mass is 9.94. The van der Waals surface area contributed by atoms with Crippen LogP contribution in [0.3, 0.4) is 0 Å². The Bertz CT molecular complexity index is 1050. The topological polar surface area (TPSA) is 87.4 Å². The lowest BCUT2D eigenvalue weighted by Gasteiger charge is -2.27. The summed E-state index contributed by atoms with van der Waals surface area (Å²) in [6.07, 6.45) is 1.05. The minimum atomic E-state index is -0.504. The van der Waals surface area contributed by atoms with Crippen molar-refractivity contribution in [2.45, 2.75) is 12.5 Å². The first kappa shape index (κ1) is 14.9. The van der Waals surface area contributed by atoms with Gasteiger partial charge in [0.05, 0.1) is 25.2 Å². The standard InChI is InChI=1S/C19H14O7/c1-22-19-16(21)15-11(20)7-13(26-17(15)10-4-5-23-18(10)19)9-2-3-12-14(6-9)25-8-24-12/h2-6,13,21H,7-8H2,1H3. The number of furan rings is 1. The van der Waals surface area contributed by atoms with E-state index in [0.29, 0.717) is 28.2 Å². The van der Waals surface area contributed by atoms with Crippen LogP contribution in [0.25, 0.3) is 11.0 Å². The number of benzene rings is 2. The molecule has 2 aliphatic rings. The second-order valence-electron chi connectivity index (χ2n) is 6.10. The van der Waals surface area contributed by atoms with Gasteiger partial charge in [0.2, 0.25) is 12.5 Å². The van der Waals surface area contributed by atoms with Crippen molar-refractivity contribution in [1.29, 1.82) is 0 Å². The Morgan fingerprint density at radius 1 is 1.19 bits per heavy atom. The van der Waals surface area contributed by atoms with Gasteiger partial charge in [0.1, 0.15) is 17.4 Å². The van der Waals surface area contributed by atoms with E-state index in [9.17, 15) is 9.90 Å². The molecule has 3 aromatic rings. The fourth-order valence-corrected chi connectivity index (χ4v) is 3.45. The first-order valence-corrected chi connectivity index (χ1v) is 8.07. The highest BCUT2D eigenvalue weighted by atomic mass is 16.7. The van der Waals surface area contributed by atoms with E-state index in [1.165, 1.54) is 13.4 Å². The summed E-state index contributed by atoms with van der Waals surface area (Å²) in [7, 11) is 1.41. The van der Waals surface area contributed by atoms with Crippen LogP contribution < -0.4 is 18.9 Å². The van der Waals surface area contributed by atoms with Crippen LogP contribution in [0.1, 0.15) is 28.4 Å². The van der Waals surface area contributed by atoms with E-state index in [1.54, 1.807) is 18.2 Å². The maximum absolute atomic E-state index is 12.8. The van der Waals surface area contributed by atoms with Crippen LogP contribution in [0.4, 0.5) is 0 Å². The largest absolute Gasteiger partial charge is 0.504 e. The minimum absolute atomic E-state index is 0.0900. The van der Waals surface area contributed by atoms with E-state index in [1.807, 2.05) is 6.07 Å².